The van der Waals surface area contributed by atoms with Crippen LogP contribution in [0.5, 0.6) is 0 Å². The first-order valence-corrected chi connectivity index (χ1v) is 17.0. The maximum Gasteiger partial charge on any atom is 0.303 e. The first-order valence-electron chi connectivity index (χ1n) is 12.9. The van der Waals surface area contributed by atoms with Crippen LogP contribution in [0.1, 0.15) is 54.8 Å². The summed E-state index contributed by atoms with van der Waals surface area (Å²) in [5, 5.41) is 5.32. The number of halogens is 4. The van der Waals surface area contributed by atoms with Crippen molar-refractivity contribution in [2.75, 3.05) is 37.7 Å². The summed E-state index contributed by atoms with van der Waals surface area (Å²) >= 11 is 9.12. The van der Waals surface area contributed by atoms with Gasteiger partial charge in [0.1, 0.15) is 13.2 Å². The zero-order chi connectivity index (χ0) is 33.3. The summed E-state index contributed by atoms with van der Waals surface area (Å²) in [6.45, 7) is 4.05. The Bertz CT molecular complexity index is 1260. The lowest BCUT2D eigenvalue weighted by molar-refractivity contribution is -0.155. The minimum atomic E-state index is -0.980. The molecule has 18 heteroatoms. The van der Waals surface area contributed by atoms with Crippen LogP contribution in [0.25, 0.3) is 0 Å². The standard InChI is InChI=1S/C26H29BrI3N3O11/c1-11(34)41-9-15(43-13(3)36)7-31-24(38)18-20(28)19(22(30)23(21(18)29)33-6-5-17(27)26(33)40)25(39)32-8-16(44-14(4)37)10-42-12(2)35/h15-17H,5-10H2,1-4H3,(H,31,38)(H,32,39). The van der Waals surface area contributed by atoms with Crippen LogP contribution in [0.2, 0.25) is 0 Å². The Hall–Kier alpha value is -1.82. The molecule has 2 rings (SSSR count). The fraction of sp³-hybridized carbons (Fsp3) is 0.500. The smallest absolute Gasteiger partial charge is 0.303 e. The van der Waals surface area contributed by atoms with E-state index in [1.54, 1.807) is 0 Å². The normalized spacial score (nSPS) is 15.6. The van der Waals surface area contributed by atoms with E-state index in [1.165, 1.54) is 32.6 Å². The van der Waals surface area contributed by atoms with Gasteiger partial charge in [-0.2, -0.15) is 0 Å². The summed E-state index contributed by atoms with van der Waals surface area (Å²) in [5.41, 5.74) is 0.535. The summed E-state index contributed by atoms with van der Waals surface area (Å²) < 4.78 is 21.2. The Morgan fingerprint density at radius 1 is 0.773 bits per heavy atom. The van der Waals surface area contributed by atoms with Gasteiger partial charge < -0.3 is 34.5 Å². The fourth-order valence-electron chi connectivity index (χ4n) is 3.90. The number of ether oxygens (including phenoxy) is 4. The van der Waals surface area contributed by atoms with Crippen molar-refractivity contribution in [1.29, 1.82) is 0 Å². The molecule has 3 unspecified atom stereocenters. The van der Waals surface area contributed by atoms with Gasteiger partial charge in [-0.1, -0.05) is 15.9 Å². The topological polar surface area (TPSA) is 184 Å². The largest absolute Gasteiger partial charge is 0.462 e. The second kappa shape index (κ2) is 17.8. The van der Waals surface area contributed by atoms with E-state index in [2.05, 4.69) is 26.6 Å². The predicted molar refractivity (Wildman–Crippen MR) is 183 cm³/mol. The summed E-state index contributed by atoms with van der Waals surface area (Å²) in [6, 6.07) is 0. The van der Waals surface area contributed by atoms with Gasteiger partial charge in [-0.15, -0.1) is 0 Å². The molecule has 14 nitrogen and oxygen atoms in total. The van der Waals surface area contributed by atoms with Crippen LogP contribution in [-0.4, -0.2) is 91.5 Å². The first kappa shape index (κ1) is 38.4. The first-order chi connectivity index (χ1) is 20.5. The van der Waals surface area contributed by atoms with Crippen LogP contribution in [0.15, 0.2) is 0 Å². The summed E-state index contributed by atoms with van der Waals surface area (Å²) in [4.78, 5) is 87.0. The number of hydrogen-bond acceptors (Lipinski definition) is 11. The van der Waals surface area contributed by atoms with Crippen molar-refractivity contribution in [1.82, 2.24) is 10.6 Å². The third-order valence-corrected chi connectivity index (χ3v) is 9.78. The van der Waals surface area contributed by atoms with Crippen LogP contribution >= 0.6 is 83.7 Å². The third kappa shape index (κ3) is 10.9. The molecule has 0 spiro atoms. The quantitative estimate of drug-likeness (QED) is 0.128. The molecule has 44 heavy (non-hydrogen) atoms. The Labute approximate surface area is 302 Å². The molecule has 1 saturated heterocycles. The minimum Gasteiger partial charge on any atom is -0.462 e. The molecule has 0 bridgehead atoms. The van der Waals surface area contributed by atoms with Gasteiger partial charge in [-0.25, -0.2) is 0 Å². The predicted octanol–water partition coefficient (Wildman–Crippen LogP) is 2.45. The van der Waals surface area contributed by atoms with E-state index in [-0.39, 0.29) is 46.9 Å². The molecule has 1 heterocycles. The monoisotopic (exact) mass is 1020 g/mol. The van der Waals surface area contributed by atoms with Crippen molar-refractivity contribution in [3.8, 4) is 0 Å². The van der Waals surface area contributed by atoms with Gasteiger partial charge in [0.05, 0.1) is 41.9 Å². The van der Waals surface area contributed by atoms with E-state index < -0.39 is 52.7 Å². The van der Waals surface area contributed by atoms with Gasteiger partial charge in [-0.3, -0.25) is 33.6 Å². The number of benzene rings is 1. The number of hydrogen-bond donors (Lipinski definition) is 2. The lowest BCUT2D eigenvalue weighted by Crippen LogP contribution is -2.40. The summed E-state index contributed by atoms with van der Waals surface area (Å²) in [6.07, 6.45) is -1.46. The van der Waals surface area contributed by atoms with E-state index in [0.717, 1.165) is 0 Å². The van der Waals surface area contributed by atoms with E-state index in [0.29, 0.717) is 25.8 Å². The highest BCUT2D eigenvalue weighted by Crippen LogP contribution is 2.40. The van der Waals surface area contributed by atoms with E-state index in [9.17, 15) is 33.6 Å². The van der Waals surface area contributed by atoms with Crippen molar-refractivity contribution in [3.63, 3.8) is 0 Å². The molecule has 1 aliphatic heterocycles. The average Bonchev–Trinajstić information content (AvgIpc) is 3.24. The fourth-order valence-corrected chi connectivity index (χ4v) is 9.08. The Morgan fingerprint density at radius 3 is 1.50 bits per heavy atom. The molecular formula is C26H29BrI3N3O11. The molecule has 0 saturated carbocycles. The SMILES string of the molecule is CC(=O)OCC(CNC(=O)c1c(I)c(C(=O)NCC(COC(C)=O)OC(C)=O)c(I)c(N2CCC(Br)C2=O)c1I)OC(C)=O. The minimum absolute atomic E-state index is 0.0862. The number of rotatable bonds is 13. The highest BCUT2D eigenvalue weighted by Gasteiger charge is 2.37. The number of esters is 4. The van der Waals surface area contributed by atoms with E-state index in [1.807, 2.05) is 67.8 Å². The molecule has 1 fully saturated rings. The Balaban J connectivity index is 2.51. The van der Waals surface area contributed by atoms with Crippen LogP contribution in [0.3, 0.4) is 0 Å². The molecule has 3 atom stereocenters. The highest BCUT2D eigenvalue weighted by molar-refractivity contribution is 14.1. The van der Waals surface area contributed by atoms with Gasteiger partial charge in [0.25, 0.3) is 11.8 Å². The number of nitrogens with one attached hydrogen (secondary N) is 2. The molecule has 0 aromatic heterocycles. The number of carbonyl (C=O) groups excluding carboxylic acids is 7. The molecule has 1 aliphatic rings. The van der Waals surface area contributed by atoms with Crippen molar-refractivity contribution in [3.05, 3.63) is 21.8 Å². The zero-order valence-electron chi connectivity index (χ0n) is 23.9. The molecule has 0 aliphatic carbocycles. The molecule has 3 amide bonds. The van der Waals surface area contributed by atoms with Crippen molar-refractivity contribution >= 4 is 131 Å². The maximum absolute atomic E-state index is 13.6. The third-order valence-electron chi connectivity index (χ3n) is 5.75. The molecular weight excluding hydrogens is 991 g/mol. The zero-order valence-corrected chi connectivity index (χ0v) is 32.0. The van der Waals surface area contributed by atoms with Crippen molar-refractivity contribution in [2.45, 2.75) is 51.2 Å². The second-order valence-electron chi connectivity index (χ2n) is 9.27. The second-order valence-corrected chi connectivity index (χ2v) is 13.6. The molecule has 1 aromatic rings. The van der Waals surface area contributed by atoms with Gasteiger partial charge in [-0.05, 0) is 74.2 Å². The van der Waals surface area contributed by atoms with Crippen molar-refractivity contribution < 1.29 is 52.5 Å². The molecule has 0 radical (unpaired) electrons. The Morgan fingerprint density at radius 2 is 1.18 bits per heavy atom. The van der Waals surface area contributed by atoms with Gasteiger partial charge in [0, 0.05) is 37.8 Å². The van der Waals surface area contributed by atoms with Crippen molar-refractivity contribution in [2.24, 2.45) is 0 Å². The number of nitrogens with zero attached hydrogens (tertiary/aromatic N) is 1. The van der Waals surface area contributed by atoms with Gasteiger partial charge in [0.2, 0.25) is 5.91 Å². The number of alkyl halides is 1. The lowest BCUT2D eigenvalue weighted by atomic mass is 10.1. The number of carbonyl (C=O) groups is 7. The lowest BCUT2D eigenvalue weighted by Gasteiger charge is -2.25. The molecule has 2 N–H and O–H groups in total. The van der Waals surface area contributed by atoms with Crippen LogP contribution in [-0.2, 0) is 42.9 Å². The number of anilines is 1. The maximum atomic E-state index is 13.6. The molecule has 242 valence electrons. The Kier molecular flexibility index (Phi) is 15.5. The molecule has 1 aromatic carbocycles. The summed E-state index contributed by atoms with van der Waals surface area (Å²) in [5.74, 6) is -4.01. The van der Waals surface area contributed by atoms with Crippen LogP contribution in [0.4, 0.5) is 5.69 Å². The summed E-state index contributed by atoms with van der Waals surface area (Å²) in [7, 11) is 0. The van der Waals surface area contributed by atoms with Crippen LogP contribution in [0, 0.1) is 10.7 Å². The van der Waals surface area contributed by atoms with Gasteiger partial charge in [0.15, 0.2) is 12.2 Å². The van der Waals surface area contributed by atoms with E-state index >= 15 is 0 Å². The van der Waals surface area contributed by atoms with E-state index in [4.69, 9.17) is 18.9 Å². The van der Waals surface area contributed by atoms with Gasteiger partial charge >= 0.3 is 23.9 Å². The highest BCUT2D eigenvalue weighted by atomic mass is 127. The van der Waals surface area contributed by atoms with Crippen LogP contribution < -0.4 is 15.5 Å². The average molecular weight is 1020 g/mol. The number of amides is 3.